The first-order valence-electron chi connectivity index (χ1n) is 21.3. The van der Waals surface area contributed by atoms with Gasteiger partial charge in [0.2, 0.25) is 0 Å². The topological polar surface area (TPSA) is 46.3 Å². The van der Waals surface area contributed by atoms with E-state index < -0.39 is 0 Å². The van der Waals surface area contributed by atoms with E-state index in [0.717, 1.165) is 73.8 Å². The highest BCUT2D eigenvalue weighted by Crippen LogP contribution is 2.39. The summed E-state index contributed by atoms with van der Waals surface area (Å²) < 4.78 is 2.39. The van der Waals surface area contributed by atoms with E-state index in [1.54, 1.807) is 0 Å². The van der Waals surface area contributed by atoms with Crippen LogP contribution in [0.25, 0.3) is 78.2 Å². The number of aromatic nitrogens is 3. The molecule has 9 aromatic rings. The molecule has 0 saturated carbocycles. The van der Waals surface area contributed by atoms with Gasteiger partial charge in [0.05, 0.1) is 28.1 Å². The van der Waals surface area contributed by atoms with Crippen LogP contribution in [0.3, 0.4) is 0 Å². The van der Waals surface area contributed by atoms with Gasteiger partial charge < -0.3 is 9.47 Å². The highest BCUT2D eigenvalue weighted by Gasteiger charge is 2.30. The van der Waals surface area contributed by atoms with Crippen LogP contribution in [0.5, 0.6) is 0 Å². The average molecular weight is 798 g/mol. The molecule has 0 fully saturated rings. The summed E-state index contributed by atoms with van der Waals surface area (Å²) in [5.74, 6) is 0.911. The number of hydrogen-bond acceptors (Lipinski definition) is 4. The van der Waals surface area contributed by atoms with Crippen molar-refractivity contribution in [2.24, 2.45) is 10.9 Å². The Kier molecular flexibility index (Phi) is 9.55. The molecule has 2 aliphatic rings. The van der Waals surface area contributed by atoms with Gasteiger partial charge in [-0.2, -0.15) is 0 Å². The third-order valence-corrected chi connectivity index (χ3v) is 12.2. The van der Waals surface area contributed by atoms with Crippen LogP contribution in [0.1, 0.15) is 17.5 Å². The van der Waals surface area contributed by atoms with E-state index in [2.05, 4.69) is 211 Å². The Morgan fingerprint density at radius 1 is 0.484 bits per heavy atom. The molecule has 11 rings (SSSR count). The molecule has 0 N–H and O–H groups in total. The number of benzene rings is 7. The molecule has 2 atom stereocenters. The fourth-order valence-corrected chi connectivity index (χ4v) is 9.08. The normalized spacial score (nSPS) is 16.1. The summed E-state index contributed by atoms with van der Waals surface area (Å²) in [5.41, 5.74) is 14.7. The quantitative estimate of drug-likeness (QED) is 0.154. The van der Waals surface area contributed by atoms with E-state index in [1.807, 2.05) is 24.3 Å². The van der Waals surface area contributed by atoms with E-state index in [4.69, 9.17) is 15.0 Å². The van der Waals surface area contributed by atoms with E-state index >= 15 is 0 Å². The van der Waals surface area contributed by atoms with Crippen molar-refractivity contribution in [2.45, 2.75) is 12.6 Å². The third-order valence-electron chi connectivity index (χ3n) is 12.2. The van der Waals surface area contributed by atoms with Crippen LogP contribution in [0.4, 0.5) is 0 Å². The molecule has 296 valence electrons. The second-order valence-electron chi connectivity index (χ2n) is 16.1. The number of rotatable bonds is 8. The van der Waals surface area contributed by atoms with Gasteiger partial charge >= 0.3 is 0 Å². The molecule has 3 heterocycles. The Balaban J connectivity index is 1.13. The van der Waals surface area contributed by atoms with Crippen molar-refractivity contribution in [1.29, 1.82) is 0 Å². The predicted octanol–water partition coefficient (Wildman–Crippen LogP) is 13.5. The standard InChI is InChI=1S/C57H43N5/c1-61-55(38-52(40-21-8-3-9-22-40)60-57(61)42-25-12-5-13-26-42)46-34-44(43-27-18-28-47(36-43)62-53-31-16-14-29-48(53)49-30-15-17-32-54(49)62)33-45(35-46)51-37-50(39-19-6-2-7-20-39)58-56(59-51)41-23-10-4-11-24-41/h2-25,27-38,42,57H,26H2,1H3. The summed E-state index contributed by atoms with van der Waals surface area (Å²) in [6.07, 6.45) is 11.9. The minimum absolute atomic E-state index is 0.0921. The monoisotopic (exact) mass is 797 g/mol. The Hall–Kier alpha value is -7.89. The molecule has 7 aromatic carbocycles. The molecule has 0 spiro atoms. The maximum Gasteiger partial charge on any atom is 0.160 e. The molecule has 0 radical (unpaired) electrons. The molecular formula is C57H43N5. The van der Waals surface area contributed by atoms with Crippen LogP contribution in [0.15, 0.2) is 223 Å². The molecule has 0 bridgehead atoms. The van der Waals surface area contributed by atoms with Gasteiger partial charge in [-0.1, -0.05) is 164 Å². The molecule has 0 saturated heterocycles. The van der Waals surface area contributed by atoms with Crippen LogP contribution >= 0.6 is 0 Å². The molecule has 1 aliphatic heterocycles. The van der Waals surface area contributed by atoms with Crippen LogP contribution in [0.2, 0.25) is 0 Å². The first kappa shape index (κ1) is 37.1. The second kappa shape index (κ2) is 15.9. The first-order valence-corrected chi connectivity index (χ1v) is 21.3. The SMILES string of the molecule is CN1C(c2cc(-c3cccc(-n4c5ccccc5c5ccccc54)c3)cc(-c3cc(-c4ccccc4)nc(-c4ccccc4)n3)c2)=CC(c2ccccc2)=NC1C1C=CC=CC1. The van der Waals surface area contributed by atoms with Crippen LogP contribution < -0.4 is 0 Å². The van der Waals surface area contributed by atoms with E-state index in [0.29, 0.717) is 5.82 Å². The molecule has 2 unspecified atom stereocenters. The maximum atomic E-state index is 5.43. The highest BCUT2D eigenvalue weighted by atomic mass is 15.2. The zero-order valence-corrected chi connectivity index (χ0v) is 34.4. The van der Waals surface area contributed by atoms with Gasteiger partial charge in [0.25, 0.3) is 0 Å². The summed E-state index contributed by atoms with van der Waals surface area (Å²) >= 11 is 0. The van der Waals surface area contributed by atoms with Crippen LogP contribution in [-0.2, 0) is 0 Å². The van der Waals surface area contributed by atoms with Gasteiger partial charge in [0.1, 0.15) is 6.17 Å². The van der Waals surface area contributed by atoms with E-state index in [9.17, 15) is 0 Å². The number of fused-ring (bicyclic) bond motifs is 3. The lowest BCUT2D eigenvalue weighted by atomic mass is 9.91. The van der Waals surface area contributed by atoms with Gasteiger partial charge in [-0.25, -0.2) is 9.97 Å². The first-order chi connectivity index (χ1) is 30.6. The van der Waals surface area contributed by atoms with Crippen molar-refractivity contribution >= 4 is 33.2 Å². The Labute approximate surface area is 362 Å². The lowest BCUT2D eigenvalue weighted by molar-refractivity contribution is 0.286. The van der Waals surface area contributed by atoms with E-state index in [1.165, 1.54) is 21.8 Å². The summed E-state index contributed by atoms with van der Waals surface area (Å²) in [6.45, 7) is 0. The zero-order chi connectivity index (χ0) is 41.4. The lowest BCUT2D eigenvalue weighted by Crippen LogP contribution is -2.38. The van der Waals surface area contributed by atoms with Crippen molar-refractivity contribution in [2.75, 3.05) is 7.05 Å². The van der Waals surface area contributed by atoms with Gasteiger partial charge in [-0.05, 0) is 83.3 Å². The highest BCUT2D eigenvalue weighted by molar-refractivity contribution is 6.13. The predicted molar refractivity (Wildman–Crippen MR) is 257 cm³/mol. The Morgan fingerprint density at radius 3 is 1.74 bits per heavy atom. The Bertz CT molecular complexity index is 3120. The smallest absolute Gasteiger partial charge is 0.160 e. The Morgan fingerprint density at radius 2 is 1.06 bits per heavy atom. The molecule has 5 nitrogen and oxygen atoms in total. The van der Waals surface area contributed by atoms with Crippen LogP contribution in [-0.4, -0.2) is 38.4 Å². The molecular weight excluding hydrogens is 755 g/mol. The molecule has 1 aliphatic carbocycles. The zero-order valence-electron chi connectivity index (χ0n) is 34.4. The molecule has 5 heteroatoms. The summed E-state index contributed by atoms with van der Waals surface area (Å²) in [6, 6.07) is 66.6. The number of allylic oxidation sites excluding steroid dienone is 4. The number of hydrogen-bond donors (Lipinski definition) is 0. The van der Waals surface area contributed by atoms with Crippen molar-refractivity contribution in [3.05, 3.63) is 230 Å². The fraction of sp³-hybridized carbons (Fsp3) is 0.0702. The van der Waals surface area contributed by atoms with Gasteiger partial charge in [-0.3, -0.25) is 4.99 Å². The maximum absolute atomic E-state index is 5.43. The van der Waals surface area contributed by atoms with Gasteiger partial charge in [0.15, 0.2) is 5.82 Å². The summed E-state index contributed by atoms with van der Waals surface area (Å²) in [5, 5.41) is 2.48. The number of nitrogens with zero attached hydrogens (tertiary/aromatic N) is 5. The largest absolute Gasteiger partial charge is 0.352 e. The summed E-state index contributed by atoms with van der Waals surface area (Å²) in [7, 11) is 2.19. The average Bonchev–Trinajstić information content (AvgIpc) is 3.69. The van der Waals surface area contributed by atoms with Crippen molar-refractivity contribution in [1.82, 2.24) is 19.4 Å². The number of aliphatic imine (C=N–C) groups is 1. The van der Waals surface area contributed by atoms with Gasteiger partial charge in [-0.15, -0.1) is 0 Å². The number of para-hydroxylation sites is 2. The minimum atomic E-state index is -0.0921. The van der Waals surface area contributed by atoms with Crippen LogP contribution in [0, 0.1) is 5.92 Å². The fourth-order valence-electron chi connectivity index (χ4n) is 9.08. The van der Waals surface area contributed by atoms with Crippen molar-refractivity contribution in [3.63, 3.8) is 0 Å². The lowest BCUT2D eigenvalue weighted by Gasteiger charge is -2.37. The molecule has 62 heavy (non-hydrogen) atoms. The minimum Gasteiger partial charge on any atom is -0.352 e. The third kappa shape index (κ3) is 6.93. The van der Waals surface area contributed by atoms with Crippen molar-refractivity contribution in [3.8, 4) is 50.7 Å². The van der Waals surface area contributed by atoms with E-state index in [-0.39, 0.29) is 12.1 Å². The van der Waals surface area contributed by atoms with Crippen molar-refractivity contribution < 1.29 is 0 Å². The second-order valence-corrected chi connectivity index (χ2v) is 16.1. The summed E-state index contributed by atoms with van der Waals surface area (Å²) in [4.78, 5) is 18.3. The van der Waals surface area contributed by atoms with Gasteiger partial charge in [0, 0.05) is 51.8 Å². The molecule has 0 amide bonds. The molecule has 2 aromatic heterocycles.